The van der Waals surface area contributed by atoms with E-state index in [1.807, 2.05) is 18.5 Å². The molecule has 30 heavy (non-hydrogen) atoms. The topological polar surface area (TPSA) is 79.0 Å². The normalized spacial score (nSPS) is 14.2. The highest BCUT2D eigenvalue weighted by molar-refractivity contribution is 5.94. The fourth-order valence-electron chi connectivity index (χ4n) is 3.78. The lowest BCUT2D eigenvalue weighted by Gasteiger charge is -2.28. The van der Waals surface area contributed by atoms with E-state index in [0.29, 0.717) is 5.95 Å². The fraction of sp³-hybridized carbons (Fsp3) is 0.261. The Bertz CT molecular complexity index is 1120. The van der Waals surface area contributed by atoms with Gasteiger partial charge in [0.25, 0.3) is 0 Å². The first-order valence-corrected chi connectivity index (χ1v) is 10.3. The van der Waals surface area contributed by atoms with E-state index in [9.17, 15) is 0 Å². The monoisotopic (exact) mass is 400 g/mol. The first-order chi connectivity index (χ1) is 14.9. The molecule has 1 saturated heterocycles. The molecule has 0 amide bonds. The number of fused-ring (bicyclic) bond motifs is 1. The van der Waals surface area contributed by atoms with Gasteiger partial charge in [-0.15, -0.1) is 0 Å². The molecule has 1 aliphatic rings. The molecule has 5 rings (SSSR count). The van der Waals surface area contributed by atoms with Gasteiger partial charge in [-0.1, -0.05) is 18.2 Å². The maximum Gasteiger partial charge on any atom is 0.225 e. The minimum Gasteiger partial charge on any atom is -0.378 e. The number of anilines is 2. The summed E-state index contributed by atoms with van der Waals surface area (Å²) in [6.45, 7) is 3.85. The third kappa shape index (κ3) is 3.97. The quantitative estimate of drug-likeness (QED) is 0.516. The molecule has 0 atom stereocenters. The molecular weight excluding hydrogens is 376 g/mol. The van der Waals surface area contributed by atoms with Gasteiger partial charge in [0.05, 0.1) is 18.9 Å². The molecule has 0 saturated carbocycles. The van der Waals surface area contributed by atoms with Crippen LogP contribution in [0.15, 0.2) is 61.1 Å². The lowest BCUT2D eigenvalue weighted by Crippen LogP contribution is -2.37. The molecular formula is C23H24N6O. The number of hydrogen-bond acceptors (Lipinski definition) is 6. The maximum atomic E-state index is 5.52. The largest absolute Gasteiger partial charge is 0.378 e. The molecule has 2 N–H and O–H groups in total. The van der Waals surface area contributed by atoms with Gasteiger partial charge in [0.15, 0.2) is 0 Å². The Hall–Kier alpha value is -3.45. The number of nitrogens with one attached hydrogen (secondary N) is 2. The number of pyridine rings is 1. The SMILES string of the molecule is c1cncc(CCNc2nc(-c3cccc4[nH]ccc34)cc(N3CCOCC3)n2)c1. The second kappa shape index (κ2) is 8.51. The summed E-state index contributed by atoms with van der Waals surface area (Å²) in [6, 6.07) is 14.5. The molecule has 1 aliphatic heterocycles. The van der Waals surface area contributed by atoms with Crippen molar-refractivity contribution >= 4 is 22.7 Å². The lowest BCUT2D eigenvalue weighted by atomic mass is 10.1. The molecule has 152 valence electrons. The van der Waals surface area contributed by atoms with Crippen molar-refractivity contribution in [2.75, 3.05) is 43.1 Å². The lowest BCUT2D eigenvalue weighted by molar-refractivity contribution is 0.122. The molecule has 4 aromatic rings. The molecule has 0 aliphatic carbocycles. The number of rotatable bonds is 6. The van der Waals surface area contributed by atoms with E-state index in [1.54, 1.807) is 6.20 Å². The van der Waals surface area contributed by atoms with Crippen molar-refractivity contribution in [3.8, 4) is 11.3 Å². The summed E-state index contributed by atoms with van der Waals surface area (Å²) in [4.78, 5) is 19.4. The number of H-pyrrole nitrogens is 1. The van der Waals surface area contributed by atoms with Crippen LogP contribution in [0.2, 0.25) is 0 Å². The predicted molar refractivity (Wildman–Crippen MR) is 119 cm³/mol. The molecule has 1 fully saturated rings. The molecule has 0 radical (unpaired) electrons. The summed E-state index contributed by atoms with van der Waals surface area (Å²) in [5, 5.41) is 4.57. The van der Waals surface area contributed by atoms with Crippen LogP contribution in [0.1, 0.15) is 5.56 Å². The number of nitrogens with zero attached hydrogens (tertiary/aromatic N) is 4. The zero-order valence-electron chi connectivity index (χ0n) is 16.7. The van der Waals surface area contributed by atoms with Crippen LogP contribution < -0.4 is 10.2 Å². The highest BCUT2D eigenvalue weighted by atomic mass is 16.5. The Kier molecular flexibility index (Phi) is 5.26. The van der Waals surface area contributed by atoms with Gasteiger partial charge in [-0.2, -0.15) is 4.98 Å². The van der Waals surface area contributed by atoms with E-state index in [2.05, 4.69) is 56.6 Å². The molecule has 0 spiro atoms. The van der Waals surface area contributed by atoms with E-state index >= 15 is 0 Å². The second-order valence-corrected chi connectivity index (χ2v) is 7.32. The highest BCUT2D eigenvalue weighted by Crippen LogP contribution is 2.30. The Labute approximate surface area is 175 Å². The fourth-order valence-corrected chi connectivity index (χ4v) is 3.78. The minimum absolute atomic E-state index is 0.644. The Morgan fingerprint density at radius 3 is 2.87 bits per heavy atom. The molecule has 4 heterocycles. The average molecular weight is 400 g/mol. The van der Waals surface area contributed by atoms with E-state index in [1.165, 1.54) is 5.56 Å². The van der Waals surface area contributed by atoms with Crippen LogP contribution >= 0.6 is 0 Å². The first kappa shape index (κ1) is 18.6. The molecule has 3 aromatic heterocycles. The summed E-state index contributed by atoms with van der Waals surface area (Å²) in [6.07, 6.45) is 6.51. The van der Waals surface area contributed by atoms with Crippen molar-refractivity contribution in [1.29, 1.82) is 0 Å². The summed E-state index contributed by atoms with van der Waals surface area (Å²) < 4.78 is 5.52. The van der Waals surface area contributed by atoms with Crippen LogP contribution in [0, 0.1) is 0 Å². The zero-order valence-corrected chi connectivity index (χ0v) is 16.7. The van der Waals surface area contributed by atoms with Crippen LogP contribution in [0.3, 0.4) is 0 Å². The van der Waals surface area contributed by atoms with Crippen molar-refractivity contribution < 1.29 is 4.74 Å². The number of hydrogen-bond donors (Lipinski definition) is 2. The molecule has 7 nitrogen and oxygen atoms in total. The second-order valence-electron chi connectivity index (χ2n) is 7.32. The van der Waals surface area contributed by atoms with Crippen LogP contribution in [0.4, 0.5) is 11.8 Å². The van der Waals surface area contributed by atoms with Gasteiger partial charge < -0.3 is 19.9 Å². The van der Waals surface area contributed by atoms with Gasteiger partial charge in [-0.25, -0.2) is 4.98 Å². The molecule has 0 bridgehead atoms. The highest BCUT2D eigenvalue weighted by Gasteiger charge is 2.16. The van der Waals surface area contributed by atoms with Gasteiger partial charge in [-0.3, -0.25) is 4.98 Å². The first-order valence-electron chi connectivity index (χ1n) is 10.3. The predicted octanol–water partition coefficient (Wildman–Crippen LogP) is 3.51. The number of aromatic nitrogens is 4. The maximum absolute atomic E-state index is 5.52. The van der Waals surface area contributed by atoms with Gasteiger partial charge in [0.2, 0.25) is 5.95 Å². The number of aromatic amines is 1. The Balaban J connectivity index is 1.46. The van der Waals surface area contributed by atoms with E-state index < -0.39 is 0 Å². The van der Waals surface area contributed by atoms with Gasteiger partial charge in [0.1, 0.15) is 5.82 Å². The smallest absolute Gasteiger partial charge is 0.225 e. The van der Waals surface area contributed by atoms with Crippen molar-refractivity contribution in [2.45, 2.75) is 6.42 Å². The Morgan fingerprint density at radius 1 is 1.07 bits per heavy atom. The summed E-state index contributed by atoms with van der Waals surface area (Å²) in [5.41, 5.74) is 4.30. The van der Waals surface area contributed by atoms with Gasteiger partial charge >= 0.3 is 0 Å². The van der Waals surface area contributed by atoms with Crippen molar-refractivity contribution in [1.82, 2.24) is 19.9 Å². The van der Waals surface area contributed by atoms with E-state index in [-0.39, 0.29) is 0 Å². The summed E-state index contributed by atoms with van der Waals surface area (Å²) in [7, 11) is 0. The standard InChI is InChI=1S/C23H24N6O/c1-4-18(19-7-10-25-20(19)5-1)21-15-22(29-11-13-30-14-12-29)28-23(27-21)26-9-6-17-3-2-8-24-16-17/h1-5,7-8,10,15-16,25H,6,9,11-14H2,(H,26,27,28). The molecule has 1 aromatic carbocycles. The van der Waals surface area contributed by atoms with E-state index in [0.717, 1.165) is 67.2 Å². The minimum atomic E-state index is 0.644. The average Bonchev–Trinajstić information content (AvgIpc) is 3.29. The van der Waals surface area contributed by atoms with Crippen molar-refractivity contribution in [3.05, 3.63) is 66.6 Å². The zero-order chi connectivity index (χ0) is 20.2. The number of benzene rings is 1. The summed E-state index contributed by atoms with van der Waals surface area (Å²) >= 11 is 0. The van der Waals surface area contributed by atoms with Crippen LogP contribution in [-0.4, -0.2) is 52.8 Å². The van der Waals surface area contributed by atoms with Crippen molar-refractivity contribution in [2.24, 2.45) is 0 Å². The summed E-state index contributed by atoms with van der Waals surface area (Å²) in [5.74, 6) is 1.57. The van der Waals surface area contributed by atoms with Gasteiger partial charge in [-0.05, 0) is 30.2 Å². The van der Waals surface area contributed by atoms with Crippen LogP contribution in [0.5, 0.6) is 0 Å². The molecule has 0 unspecified atom stereocenters. The Morgan fingerprint density at radius 2 is 2.00 bits per heavy atom. The molecule has 7 heteroatoms. The number of ether oxygens (including phenoxy) is 1. The van der Waals surface area contributed by atoms with Gasteiger partial charge in [0, 0.05) is 60.8 Å². The number of morpholine rings is 1. The van der Waals surface area contributed by atoms with Crippen molar-refractivity contribution in [3.63, 3.8) is 0 Å². The third-order valence-corrected chi connectivity index (χ3v) is 5.34. The van der Waals surface area contributed by atoms with E-state index in [4.69, 9.17) is 14.7 Å². The van der Waals surface area contributed by atoms with Crippen LogP contribution in [-0.2, 0) is 11.2 Å². The third-order valence-electron chi connectivity index (χ3n) is 5.34. The van der Waals surface area contributed by atoms with Crippen LogP contribution in [0.25, 0.3) is 22.2 Å².